The van der Waals surface area contributed by atoms with Crippen molar-refractivity contribution in [2.75, 3.05) is 0 Å². The standard InChI is InChI=1S/C9H15N/c1-4-9(3)5-6-10-8(2)7-9/h5-6H,4,7H2,1-3H3. The minimum atomic E-state index is 0.381. The predicted molar refractivity (Wildman–Crippen MR) is 45.3 cm³/mol. The molecule has 1 unspecified atom stereocenters. The van der Waals surface area contributed by atoms with Crippen molar-refractivity contribution in [2.45, 2.75) is 33.6 Å². The molecule has 0 aliphatic carbocycles. The zero-order valence-electron chi connectivity index (χ0n) is 7.02. The first-order valence-corrected chi connectivity index (χ1v) is 3.87. The lowest BCUT2D eigenvalue weighted by Crippen LogP contribution is -2.18. The van der Waals surface area contributed by atoms with E-state index >= 15 is 0 Å². The van der Waals surface area contributed by atoms with Crippen LogP contribution >= 0.6 is 0 Å². The van der Waals surface area contributed by atoms with Gasteiger partial charge in [-0.05, 0) is 25.2 Å². The van der Waals surface area contributed by atoms with Gasteiger partial charge < -0.3 is 0 Å². The van der Waals surface area contributed by atoms with Gasteiger partial charge >= 0.3 is 0 Å². The molecule has 0 saturated heterocycles. The zero-order valence-corrected chi connectivity index (χ0v) is 7.02. The molecule has 1 rings (SSSR count). The predicted octanol–water partition coefficient (Wildman–Crippen LogP) is 2.78. The van der Waals surface area contributed by atoms with Crippen LogP contribution in [0.4, 0.5) is 0 Å². The van der Waals surface area contributed by atoms with Gasteiger partial charge in [0.15, 0.2) is 0 Å². The van der Waals surface area contributed by atoms with Gasteiger partial charge in [0, 0.05) is 11.9 Å². The topological polar surface area (TPSA) is 12.4 Å². The molecule has 1 atom stereocenters. The number of allylic oxidation sites excluding steroid dienone is 1. The Morgan fingerprint density at radius 3 is 2.80 bits per heavy atom. The Labute approximate surface area is 62.9 Å². The summed E-state index contributed by atoms with van der Waals surface area (Å²) in [5, 5.41) is 0. The first kappa shape index (κ1) is 7.52. The monoisotopic (exact) mass is 137 g/mol. The maximum atomic E-state index is 4.21. The smallest absolute Gasteiger partial charge is 0.0232 e. The molecule has 0 amide bonds. The van der Waals surface area contributed by atoms with E-state index in [-0.39, 0.29) is 0 Å². The zero-order chi connectivity index (χ0) is 7.61. The third kappa shape index (κ3) is 1.47. The third-order valence-corrected chi connectivity index (χ3v) is 2.24. The van der Waals surface area contributed by atoms with Crippen molar-refractivity contribution >= 4 is 5.71 Å². The van der Waals surface area contributed by atoms with E-state index in [9.17, 15) is 0 Å². The maximum Gasteiger partial charge on any atom is 0.0232 e. The number of hydrogen-bond acceptors (Lipinski definition) is 1. The average Bonchev–Trinajstić information content (AvgIpc) is 1.88. The molecule has 0 spiro atoms. The molecule has 0 N–H and O–H groups in total. The van der Waals surface area contributed by atoms with Crippen LogP contribution in [0.25, 0.3) is 0 Å². The Kier molecular flexibility index (Phi) is 1.93. The Hall–Kier alpha value is -0.590. The minimum Gasteiger partial charge on any atom is -0.266 e. The number of nitrogens with zero attached hydrogens (tertiary/aromatic N) is 1. The molecular weight excluding hydrogens is 122 g/mol. The van der Waals surface area contributed by atoms with Crippen molar-refractivity contribution < 1.29 is 0 Å². The fourth-order valence-corrected chi connectivity index (χ4v) is 1.28. The molecule has 0 bridgehead atoms. The molecular formula is C9H15N. The summed E-state index contributed by atoms with van der Waals surface area (Å²) in [6, 6.07) is 0. The molecule has 0 radical (unpaired) electrons. The molecule has 1 heteroatoms. The van der Waals surface area contributed by atoms with Crippen LogP contribution in [0.5, 0.6) is 0 Å². The second kappa shape index (κ2) is 2.57. The summed E-state index contributed by atoms with van der Waals surface area (Å²) in [4.78, 5) is 4.21. The molecule has 56 valence electrons. The molecule has 0 saturated carbocycles. The summed E-state index contributed by atoms with van der Waals surface area (Å²) in [7, 11) is 0. The van der Waals surface area contributed by atoms with Crippen molar-refractivity contribution in [1.82, 2.24) is 0 Å². The van der Waals surface area contributed by atoms with Gasteiger partial charge in [0.25, 0.3) is 0 Å². The Bertz CT molecular complexity index is 179. The Morgan fingerprint density at radius 1 is 1.70 bits per heavy atom. The number of hydrogen-bond donors (Lipinski definition) is 0. The van der Waals surface area contributed by atoms with Crippen molar-refractivity contribution in [3.8, 4) is 0 Å². The van der Waals surface area contributed by atoms with Crippen LogP contribution in [0.3, 0.4) is 0 Å². The summed E-state index contributed by atoms with van der Waals surface area (Å²) in [6.45, 7) is 6.60. The molecule has 0 aromatic rings. The highest BCUT2D eigenvalue weighted by molar-refractivity contribution is 5.84. The lowest BCUT2D eigenvalue weighted by Gasteiger charge is -2.25. The SMILES string of the molecule is CCC1(C)C=CN=C(C)C1. The van der Waals surface area contributed by atoms with Gasteiger partial charge in [-0.25, -0.2) is 0 Å². The van der Waals surface area contributed by atoms with Crippen LogP contribution in [-0.2, 0) is 0 Å². The fourth-order valence-electron chi connectivity index (χ4n) is 1.28. The van der Waals surface area contributed by atoms with Gasteiger partial charge in [0.2, 0.25) is 0 Å². The Balaban J connectivity index is 2.71. The highest BCUT2D eigenvalue weighted by Gasteiger charge is 2.21. The minimum absolute atomic E-state index is 0.381. The molecule has 1 nitrogen and oxygen atoms in total. The second-order valence-electron chi connectivity index (χ2n) is 3.36. The highest BCUT2D eigenvalue weighted by Crippen LogP contribution is 2.30. The first-order valence-electron chi connectivity index (χ1n) is 3.87. The van der Waals surface area contributed by atoms with E-state index in [1.807, 2.05) is 6.20 Å². The van der Waals surface area contributed by atoms with Crippen LogP contribution in [0.2, 0.25) is 0 Å². The largest absolute Gasteiger partial charge is 0.266 e. The first-order chi connectivity index (χ1) is 4.66. The van der Waals surface area contributed by atoms with Crippen molar-refractivity contribution in [1.29, 1.82) is 0 Å². The van der Waals surface area contributed by atoms with Gasteiger partial charge in [0.1, 0.15) is 0 Å². The summed E-state index contributed by atoms with van der Waals surface area (Å²) >= 11 is 0. The van der Waals surface area contributed by atoms with Crippen molar-refractivity contribution in [3.05, 3.63) is 12.3 Å². The molecule has 1 aliphatic rings. The van der Waals surface area contributed by atoms with E-state index in [4.69, 9.17) is 0 Å². The van der Waals surface area contributed by atoms with Crippen LogP contribution in [0.1, 0.15) is 33.6 Å². The highest BCUT2D eigenvalue weighted by atomic mass is 14.7. The van der Waals surface area contributed by atoms with Gasteiger partial charge in [-0.15, -0.1) is 0 Å². The van der Waals surface area contributed by atoms with E-state index < -0.39 is 0 Å². The van der Waals surface area contributed by atoms with E-state index in [1.54, 1.807) is 0 Å². The molecule has 0 fully saturated rings. The van der Waals surface area contributed by atoms with Crippen LogP contribution in [0.15, 0.2) is 17.3 Å². The molecule has 10 heavy (non-hydrogen) atoms. The number of rotatable bonds is 1. The second-order valence-corrected chi connectivity index (χ2v) is 3.36. The maximum absolute atomic E-state index is 4.21. The van der Waals surface area contributed by atoms with E-state index in [0.717, 1.165) is 6.42 Å². The lowest BCUT2D eigenvalue weighted by atomic mass is 9.81. The molecule has 1 heterocycles. The third-order valence-electron chi connectivity index (χ3n) is 2.24. The van der Waals surface area contributed by atoms with Gasteiger partial charge in [-0.3, -0.25) is 4.99 Å². The van der Waals surface area contributed by atoms with Gasteiger partial charge in [-0.1, -0.05) is 19.9 Å². The quantitative estimate of drug-likeness (QED) is 0.527. The van der Waals surface area contributed by atoms with E-state index in [2.05, 4.69) is 31.8 Å². The van der Waals surface area contributed by atoms with Gasteiger partial charge in [0.05, 0.1) is 0 Å². The molecule has 0 aromatic heterocycles. The average molecular weight is 137 g/mol. The Morgan fingerprint density at radius 2 is 2.40 bits per heavy atom. The van der Waals surface area contributed by atoms with Crippen LogP contribution in [-0.4, -0.2) is 5.71 Å². The van der Waals surface area contributed by atoms with Gasteiger partial charge in [-0.2, -0.15) is 0 Å². The van der Waals surface area contributed by atoms with Crippen LogP contribution < -0.4 is 0 Å². The number of aliphatic imine (C=N–C) groups is 1. The van der Waals surface area contributed by atoms with Crippen LogP contribution in [0, 0.1) is 5.41 Å². The summed E-state index contributed by atoms with van der Waals surface area (Å²) in [5.41, 5.74) is 1.64. The molecule has 0 aromatic carbocycles. The summed E-state index contributed by atoms with van der Waals surface area (Å²) in [6.07, 6.45) is 6.47. The summed E-state index contributed by atoms with van der Waals surface area (Å²) < 4.78 is 0. The fraction of sp³-hybridized carbons (Fsp3) is 0.667. The lowest BCUT2D eigenvalue weighted by molar-refractivity contribution is 0.424. The molecule has 1 aliphatic heterocycles. The van der Waals surface area contributed by atoms with E-state index in [0.29, 0.717) is 5.41 Å². The van der Waals surface area contributed by atoms with E-state index in [1.165, 1.54) is 12.1 Å². The normalized spacial score (nSPS) is 32.1. The van der Waals surface area contributed by atoms with Crippen molar-refractivity contribution in [3.63, 3.8) is 0 Å². The summed E-state index contributed by atoms with van der Waals surface area (Å²) in [5.74, 6) is 0. The van der Waals surface area contributed by atoms with Crippen molar-refractivity contribution in [2.24, 2.45) is 10.4 Å².